The highest BCUT2D eigenvalue weighted by atomic mass is 16.1. The molecule has 0 fully saturated rings. The fourth-order valence-corrected chi connectivity index (χ4v) is 1.30. The molecule has 0 bridgehead atoms. The van der Waals surface area contributed by atoms with Crippen LogP contribution in [0.5, 0.6) is 0 Å². The van der Waals surface area contributed by atoms with Crippen LogP contribution in [0.25, 0.3) is 0 Å². The van der Waals surface area contributed by atoms with Crippen molar-refractivity contribution in [2.45, 2.75) is 27.2 Å². The molecule has 0 atom stereocenters. The van der Waals surface area contributed by atoms with Gasteiger partial charge in [0, 0.05) is 25.1 Å². The van der Waals surface area contributed by atoms with E-state index in [2.05, 4.69) is 5.10 Å². The van der Waals surface area contributed by atoms with Gasteiger partial charge < -0.3 is 4.79 Å². The summed E-state index contributed by atoms with van der Waals surface area (Å²) < 4.78 is 1.78. The number of rotatable bonds is 3. The number of carbonyl (C=O) groups is 1. The molecule has 0 saturated heterocycles. The Morgan fingerprint density at radius 2 is 2.23 bits per heavy atom. The summed E-state index contributed by atoms with van der Waals surface area (Å²) in [6.45, 7) is 5.87. The molecule has 72 valence electrons. The first-order valence-corrected chi connectivity index (χ1v) is 4.40. The van der Waals surface area contributed by atoms with Crippen LogP contribution in [0.4, 0.5) is 0 Å². The fourth-order valence-electron chi connectivity index (χ4n) is 1.30. The minimum Gasteiger partial charge on any atom is -0.303 e. The molecule has 13 heavy (non-hydrogen) atoms. The lowest BCUT2D eigenvalue weighted by atomic mass is 9.89. The molecule has 0 aromatic carbocycles. The molecule has 0 aliphatic rings. The van der Waals surface area contributed by atoms with Crippen LogP contribution in [-0.4, -0.2) is 16.1 Å². The van der Waals surface area contributed by atoms with Crippen molar-refractivity contribution in [1.29, 1.82) is 0 Å². The van der Waals surface area contributed by atoms with Crippen LogP contribution < -0.4 is 0 Å². The fraction of sp³-hybridized carbons (Fsp3) is 0.600. The summed E-state index contributed by atoms with van der Waals surface area (Å²) in [6, 6.07) is 0. The molecular formula is C10H16N2O. The Labute approximate surface area is 78.8 Å². The minimum absolute atomic E-state index is 0.306. The molecule has 1 heterocycles. The van der Waals surface area contributed by atoms with Gasteiger partial charge in [-0.05, 0) is 12.5 Å². The van der Waals surface area contributed by atoms with Gasteiger partial charge in [0.2, 0.25) is 0 Å². The van der Waals surface area contributed by atoms with Gasteiger partial charge in [0.15, 0.2) is 0 Å². The number of aryl methyl sites for hydroxylation is 2. The van der Waals surface area contributed by atoms with E-state index < -0.39 is 0 Å². The van der Waals surface area contributed by atoms with Gasteiger partial charge in [-0.15, -0.1) is 0 Å². The third-order valence-corrected chi connectivity index (χ3v) is 2.06. The molecule has 0 aliphatic carbocycles. The van der Waals surface area contributed by atoms with E-state index in [0.717, 1.165) is 17.5 Å². The van der Waals surface area contributed by atoms with E-state index >= 15 is 0 Å². The van der Waals surface area contributed by atoms with Gasteiger partial charge >= 0.3 is 0 Å². The molecule has 3 nitrogen and oxygen atoms in total. The largest absolute Gasteiger partial charge is 0.303 e. The Morgan fingerprint density at radius 1 is 1.62 bits per heavy atom. The van der Waals surface area contributed by atoms with E-state index in [1.165, 1.54) is 0 Å². The number of hydrogen-bond donors (Lipinski definition) is 0. The topological polar surface area (TPSA) is 34.9 Å². The van der Waals surface area contributed by atoms with Crippen molar-refractivity contribution in [3.63, 3.8) is 0 Å². The summed E-state index contributed by atoms with van der Waals surface area (Å²) in [6.07, 6.45) is 3.67. The lowest BCUT2D eigenvalue weighted by Crippen LogP contribution is -2.17. The molecule has 1 rings (SSSR count). The van der Waals surface area contributed by atoms with Crippen molar-refractivity contribution < 1.29 is 4.79 Å². The second-order valence-electron chi connectivity index (χ2n) is 4.22. The van der Waals surface area contributed by atoms with Crippen LogP contribution in [0.15, 0.2) is 6.20 Å². The van der Waals surface area contributed by atoms with Gasteiger partial charge in [0.05, 0.1) is 5.69 Å². The highest BCUT2D eigenvalue weighted by Crippen LogP contribution is 2.19. The molecule has 0 amide bonds. The van der Waals surface area contributed by atoms with E-state index in [-0.39, 0.29) is 5.41 Å². The Balaban J connectivity index is 2.85. The second-order valence-corrected chi connectivity index (χ2v) is 4.22. The van der Waals surface area contributed by atoms with Crippen LogP contribution in [-0.2, 0) is 18.3 Å². The van der Waals surface area contributed by atoms with Gasteiger partial charge in [-0.3, -0.25) is 4.68 Å². The molecule has 0 spiro atoms. The quantitative estimate of drug-likeness (QED) is 0.661. The molecular weight excluding hydrogens is 164 g/mol. The van der Waals surface area contributed by atoms with Crippen molar-refractivity contribution in [3.05, 3.63) is 17.5 Å². The normalized spacial score (nSPS) is 11.7. The summed E-state index contributed by atoms with van der Waals surface area (Å²) in [4.78, 5) is 10.7. The minimum atomic E-state index is -0.306. The monoisotopic (exact) mass is 180 g/mol. The van der Waals surface area contributed by atoms with Crippen molar-refractivity contribution in [3.8, 4) is 0 Å². The second kappa shape index (κ2) is 3.32. The van der Waals surface area contributed by atoms with E-state index in [0.29, 0.717) is 6.42 Å². The zero-order chi connectivity index (χ0) is 10.1. The maximum absolute atomic E-state index is 10.7. The van der Waals surface area contributed by atoms with Crippen LogP contribution in [0, 0.1) is 12.3 Å². The first kappa shape index (κ1) is 9.96. The molecule has 0 radical (unpaired) electrons. The Bertz CT molecular complexity index is 313. The molecule has 0 N–H and O–H groups in total. The summed E-state index contributed by atoms with van der Waals surface area (Å²) in [7, 11) is 1.89. The van der Waals surface area contributed by atoms with Crippen LogP contribution in [0.2, 0.25) is 0 Å². The maximum Gasteiger partial charge on any atom is 0.125 e. The van der Waals surface area contributed by atoms with Crippen molar-refractivity contribution in [2.75, 3.05) is 0 Å². The molecule has 1 aromatic rings. The first-order chi connectivity index (χ1) is 5.94. The summed E-state index contributed by atoms with van der Waals surface area (Å²) in [5, 5.41) is 4.30. The van der Waals surface area contributed by atoms with E-state index in [4.69, 9.17) is 0 Å². The van der Waals surface area contributed by atoms with Crippen LogP contribution >= 0.6 is 0 Å². The SMILES string of the molecule is Cc1cn(C)nc1CC(C)(C)C=O. The Hall–Kier alpha value is -1.12. The standard InChI is InChI=1S/C10H16N2O/c1-8-6-12(4)11-9(8)5-10(2,3)7-13/h6-7H,5H2,1-4H3. The molecule has 1 aromatic heterocycles. The first-order valence-electron chi connectivity index (χ1n) is 4.40. The molecule has 0 saturated carbocycles. The average molecular weight is 180 g/mol. The summed E-state index contributed by atoms with van der Waals surface area (Å²) in [5.74, 6) is 0. The van der Waals surface area contributed by atoms with Gasteiger partial charge in [0.25, 0.3) is 0 Å². The summed E-state index contributed by atoms with van der Waals surface area (Å²) >= 11 is 0. The number of aldehydes is 1. The lowest BCUT2D eigenvalue weighted by Gasteiger charge is -2.14. The predicted molar refractivity (Wildman–Crippen MR) is 51.5 cm³/mol. The highest BCUT2D eigenvalue weighted by molar-refractivity contribution is 5.58. The predicted octanol–water partition coefficient (Wildman–Crippen LogP) is 1.50. The van der Waals surface area contributed by atoms with E-state index in [9.17, 15) is 4.79 Å². The third kappa shape index (κ3) is 2.41. The third-order valence-electron chi connectivity index (χ3n) is 2.06. The lowest BCUT2D eigenvalue weighted by molar-refractivity contribution is -0.114. The van der Waals surface area contributed by atoms with Crippen molar-refractivity contribution in [2.24, 2.45) is 12.5 Å². The van der Waals surface area contributed by atoms with Gasteiger partial charge in [0.1, 0.15) is 6.29 Å². The van der Waals surface area contributed by atoms with Gasteiger partial charge in [-0.2, -0.15) is 5.10 Å². The van der Waals surface area contributed by atoms with Crippen LogP contribution in [0.1, 0.15) is 25.1 Å². The Kier molecular flexibility index (Phi) is 2.55. The van der Waals surface area contributed by atoms with Gasteiger partial charge in [-0.25, -0.2) is 0 Å². The average Bonchev–Trinajstić information content (AvgIpc) is 2.30. The van der Waals surface area contributed by atoms with Gasteiger partial charge in [-0.1, -0.05) is 13.8 Å². The number of hydrogen-bond acceptors (Lipinski definition) is 2. The van der Waals surface area contributed by atoms with E-state index in [1.54, 1.807) is 4.68 Å². The number of aromatic nitrogens is 2. The zero-order valence-corrected chi connectivity index (χ0v) is 8.66. The smallest absolute Gasteiger partial charge is 0.125 e. The number of carbonyl (C=O) groups excluding carboxylic acids is 1. The Morgan fingerprint density at radius 3 is 2.62 bits per heavy atom. The maximum atomic E-state index is 10.7. The molecule has 3 heteroatoms. The van der Waals surface area contributed by atoms with Crippen molar-refractivity contribution in [1.82, 2.24) is 9.78 Å². The number of nitrogens with zero attached hydrogens (tertiary/aromatic N) is 2. The summed E-state index contributed by atoms with van der Waals surface area (Å²) in [5.41, 5.74) is 1.86. The van der Waals surface area contributed by atoms with Crippen molar-refractivity contribution >= 4 is 6.29 Å². The zero-order valence-electron chi connectivity index (χ0n) is 8.66. The molecule has 0 aliphatic heterocycles. The van der Waals surface area contributed by atoms with E-state index in [1.807, 2.05) is 34.0 Å². The van der Waals surface area contributed by atoms with Crippen LogP contribution in [0.3, 0.4) is 0 Å². The molecule has 0 unspecified atom stereocenters. The highest BCUT2D eigenvalue weighted by Gasteiger charge is 2.19.